The van der Waals surface area contributed by atoms with E-state index in [1.54, 1.807) is 0 Å². The normalized spacial score (nSPS) is 30.3. The van der Waals surface area contributed by atoms with Gasteiger partial charge in [0.15, 0.2) is 8.32 Å². The van der Waals surface area contributed by atoms with E-state index in [1.165, 1.54) is 0 Å². The maximum atomic E-state index is 14.0. The van der Waals surface area contributed by atoms with Gasteiger partial charge in [0, 0.05) is 5.22 Å². The number of hydrogen-bond acceptors (Lipinski definition) is 2. The summed E-state index contributed by atoms with van der Waals surface area (Å²) in [5.74, 6) is 0. The van der Waals surface area contributed by atoms with E-state index in [2.05, 4.69) is 53.5 Å². The zero-order valence-corrected chi connectivity index (χ0v) is 22.1. The van der Waals surface area contributed by atoms with Crippen LogP contribution in [0.1, 0.15) is 53.4 Å². The third kappa shape index (κ3) is 4.44. The summed E-state index contributed by atoms with van der Waals surface area (Å²) in [4.78, 5) is 0. The van der Waals surface area contributed by atoms with Crippen molar-refractivity contribution in [3.05, 3.63) is 0 Å². The van der Waals surface area contributed by atoms with Crippen molar-refractivity contribution in [3.8, 4) is 0 Å². The molecule has 3 unspecified atom stereocenters. The molecular weight excluding hydrogens is 401 g/mol. The summed E-state index contributed by atoms with van der Waals surface area (Å²) in [6, 6.07) is 0.899. The standard InChI is InChI=1S/C19H41F3O2Si3/c1-11-17(12-2,25(5,6)7)24-27(10)16(19(20,21)22)15-18(27,13-3)23-26(8,9)14-4/h16H,11-15H2,1-10H3. The molecule has 8 heteroatoms. The summed E-state index contributed by atoms with van der Waals surface area (Å²) in [5.41, 5.74) is -1.33. The molecule has 0 aromatic carbocycles. The second kappa shape index (κ2) is 7.89. The van der Waals surface area contributed by atoms with Crippen molar-refractivity contribution in [3.63, 3.8) is 0 Å². The predicted molar refractivity (Wildman–Crippen MR) is 116 cm³/mol. The summed E-state index contributed by atoms with van der Waals surface area (Å²) in [7, 11) is -7.12. The SMILES string of the molecule is CCC(CC)(O[Si]1(C)C(C(F)(F)F)CC1(CC)O[Si](C)(C)CC)[Si](C)(C)C. The highest BCUT2D eigenvalue weighted by molar-refractivity contribution is 6.84. The molecule has 0 aromatic heterocycles. The smallest absolute Gasteiger partial charge is 0.391 e. The van der Waals surface area contributed by atoms with Gasteiger partial charge in [-0.05, 0) is 51.4 Å². The molecular formula is C19H41F3O2Si3. The molecule has 0 N–H and O–H groups in total. The fourth-order valence-electron chi connectivity index (χ4n) is 4.83. The van der Waals surface area contributed by atoms with E-state index >= 15 is 0 Å². The van der Waals surface area contributed by atoms with Crippen molar-refractivity contribution >= 4 is 24.7 Å². The highest BCUT2D eigenvalue weighted by Crippen LogP contribution is 2.63. The summed E-state index contributed by atoms with van der Waals surface area (Å²) < 4.78 is 55.5. The molecule has 1 saturated heterocycles. The van der Waals surface area contributed by atoms with Crippen LogP contribution in [0.4, 0.5) is 13.2 Å². The monoisotopic (exact) mass is 442 g/mol. The largest absolute Gasteiger partial charge is 0.412 e. The lowest BCUT2D eigenvalue weighted by molar-refractivity contribution is -0.167. The van der Waals surface area contributed by atoms with Gasteiger partial charge in [-0.3, -0.25) is 0 Å². The molecule has 162 valence electrons. The van der Waals surface area contributed by atoms with E-state index in [9.17, 15) is 13.2 Å². The van der Waals surface area contributed by atoms with Gasteiger partial charge in [0.25, 0.3) is 0 Å². The van der Waals surface area contributed by atoms with Crippen LogP contribution in [-0.2, 0) is 8.85 Å². The van der Waals surface area contributed by atoms with Crippen molar-refractivity contribution in [1.82, 2.24) is 0 Å². The molecule has 1 aliphatic rings. The molecule has 0 radical (unpaired) electrons. The lowest BCUT2D eigenvalue weighted by atomic mass is 10.1. The Hall–Kier alpha value is 0.361. The molecule has 3 atom stereocenters. The molecule has 0 aromatic rings. The first-order valence-electron chi connectivity index (χ1n) is 10.5. The van der Waals surface area contributed by atoms with Crippen molar-refractivity contribution in [2.24, 2.45) is 0 Å². The van der Waals surface area contributed by atoms with E-state index in [0.717, 1.165) is 18.9 Å². The van der Waals surface area contributed by atoms with Crippen LogP contribution in [0.15, 0.2) is 0 Å². The molecule has 1 rings (SSSR count). The minimum Gasteiger partial charge on any atom is -0.412 e. The second-order valence-corrected chi connectivity index (χ2v) is 23.9. The van der Waals surface area contributed by atoms with Crippen LogP contribution in [0.5, 0.6) is 0 Å². The Balaban J connectivity index is 3.49. The topological polar surface area (TPSA) is 18.5 Å². The van der Waals surface area contributed by atoms with Gasteiger partial charge in [-0.2, -0.15) is 13.2 Å². The maximum absolute atomic E-state index is 14.0. The molecule has 2 nitrogen and oxygen atoms in total. The lowest BCUT2D eigenvalue weighted by Crippen LogP contribution is -2.79. The van der Waals surface area contributed by atoms with Crippen LogP contribution < -0.4 is 0 Å². The van der Waals surface area contributed by atoms with E-state index in [0.29, 0.717) is 6.42 Å². The van der Waals surface area contributed by atoms with Gasteiger partial charge in [-0.1, -0.05) is 47.3 Å². The zero-order chi connectivity index (χ0) is 21.5. The molecule has 0 saturated carbocycles. The molecule has 1 heterocycles. The summed E-state index contributed by atoms with van der Waals surface area (Å²) in [5, 5.41) is -1.15. The molecule has 0 spiro atoms. The first-order valence-corrected chi connectivity index (χ1v) is 19.6. The fourth-order valence-corrected chi connectivity index (χ4v) is 16.2. The van der Waals surface area contributed by atoms with Gasteiger partial charge in [-0.15, -0.1) is 0 Å². The molecule has 1 aliphatic heterocycles. The van der Waals surface area contributed by atoms with Gasteiger partial charge in [0.1, 0.15) is 0 Å². The van der Waals surface area contributed by atoms with E-state index in [1.807, 2.05) is 13.5 Å². The summed E-state index contributed by atoms with van der Waals surface area (Å²) in [6.45, 7) is 20.9. The second-order valence-electron chi connectivity index (χ2n) is 10.0. The van der Waals surface area contributed by atoms with Crippen molar-refractivity contribution in [2.75, 3.05) is 0 Å². The third-order valence-corrected chi connectivity index (χ3v) is 19.1. The van der Waals surface area contributed by atoms with Crippen LogP contribution in [0.3, 0.4) is 0 Å². The number of rotatable bonds is 9. The Labute approximate surface area is 167 Å². The van der Waals surface area contributed by atoms with Crippen LogP contribution in [0.25, 0.3) is 0 Å². The molecule has 0 aliphatic carbocycles. The lowest BCUT2D eigenvalue weighted by Gasteiger charge is -2.65. The van der Waals surface area contributed by atoms with Crippen LogP contribution in [0, 0.1) is 0 Å². The molecule has 27 heavy (non-hydrogen) atoms. The first kappa shape index (κ1) is 25.4. The maximum Gasteiger partial charge on any atom is 0.391 e. The first-order chi connectivity index (χ1) is 12.0. The van der Waals surface area contributed by atoms with Crippen molar-refractivity contribution in [2.45, 2.75) is 121 Å². The van der Waals surface area contributed by atoms with Crippen LogP contribution >= 0.6 is 0 Å². The zero-order valence-electron chi connectivity index (χ0n) is 19.1. The van der Waals surface area contributed by atoms with Gasteiger partial charge < -0.3 is 8.85 Å². The van der Waals surface area contributed by atoms with Gasteiger partial charge >= 0.3 is 6.18 Å². The number of halogens is 3. The molecule has 0 amide bonds. The summed E-state index contributed by atoms with van der Waals surface area (Å²) >= 11 is 0. The average Bonchev–Trinajstić information content (AvgIpc) is 2.53. The third-order valence-electron chi connectivity index (χ3n) is 7.31. The Morgan fingerprint density at radius 3 is 1.78 bits per heavy atom. The quantitative estimate of drug-likeness (QED) is 0.349. The Kier molecular flexibility index (Phi) is 7.42. The number of alkyl halides is 3. The average molecular weight is 443 g/mol. The van der Waals surface area contributed by atoms with Gasteiger partial charge in [-0.25, -0.2) is 0 Å². The summed E-state index contributed by atoms with van der Waals surface area (Å²) in [6.07, 6.45) is -2.01. The minimum atomic E-state index is -4.21. The van der Waals surface area contributed by atoms with Gasteiger partial charge in [0.2, 0.25) is 8.32 Å². The van der Waals surface area contributed by atoms with Crippen LogP contribution in [-0.4, -0.2) is 41.3 Å². The van der Waals surface area contributed by atoms with Gasteiger partial charge in [0.05, 0.1) is 18.8 Å². The van der Waals surface area contributed by atoms with E-state index in [-0.39, 0.29) is 6.42 Å². The fraction of sp³-hybridized carbons (Fsp3) is 1.00. The Bertz CT molecular complexity index is 515. The Morgan fingerprint density at radius 2 is 1.48 bits per heavy atom. The van der Waals surface area contributed by atoms with Crippen molar-refractivity contribution < 1.29 is 22.0 Å². The molecule has 0 bridgehead atoms. The van der Waals surface area contributed by atoms with E-state index in [4.69, 9.17) is 8.85 Å². The Morgan fingerprint density at radius 1 is 1.00 bits per heavy atom. The van der Waals surface area contributed by atoms with E-state index < -0.39 is 46.9 Å². The minimum absolute atomic E-state index is 0.0708. The predicted octanol–water partition coefficient (Wildman–Crippen LogP) is 7.28. The number of hydrogen-bond donors (Lipinski definition) is 0. The van der Waals surface area contributed by atoms with Crippen LogP contribution in [0.2, 0.25) is 50.9 Å². The highest BCUT2D eigenvalue weighted by Gasteiger charge is 2.76. The van der Waals surface area contributed by atoms with Crippen molar-refractivity contribution in [1.29, 1.82) is 0 Å². The molecule has 1 fully saturated rings. The highest BCUT2D eigenvalue weighted by atomic mass is 28.4.